The van der Waals surface area contributed by atoms with Crippen molar-refractivity contribution in [2.45, 2.75) is 64.3 Å². The Morgan fingerprint density at radius 2 is 2.14 bits per heavy atom. The monoisotopic (exact) mass is 288 g/mol. The third-order valence-corrected chi connectivity index (χ3v) is 5.10. The zero-order chi connectivity index (χ0) is 14.9. The van der Waals surface area contributed by atoms with Crippen molar-refractivity contribution in [1.82, 2.24) is 5.32 Å². The molecule has 2 heterocycles. The smallest absolute Gasteiger partial charge is 0.0754 e. The predicted octanol–water partition coefficient (Wildman–Crippen LogP) is 3.33. The second-order valence-corrected chi connectivity index (χ2v) is 6.92. The summed E-state index contributed by atoms with van der Waals surface area (Å²) < 4.78 is 6.06. The maximum atomic E-state index is 6.06. The summed E-state index contributed by atoms with van der Waals surface area (Å²) in [7, 11) is 0. The van der Waals surface area contributed by atoms with E-state index in [9.17, 15) is 0 Å². The first-order valence-electron chi connectivity index (χ1n) is 8.33. The van der Waals surface area contributed by atoms with Crippen molar-refractivity contribution in [1.29, 1.82) is 0 Å². The van der Waals surface area contributed by atoms with Crippen LogP contribution in [0.2, 0.25) is 0 Å². The summed E-state index contributed by atoms with van der Waals surface area (Å²) in [6.07, 6.45) is 4.33. The van der Waals surface area contributed by atoms with Gasteiger partial charge >= 0.3 is 0 Å². The maximum Gasteiger partial charge on any atom is 0.0754 e. The van der Waals surface area contributed by atoms with E-state index < -0.39 is 0 Å². The molecule has 1 aromatic carbocycles. The van der Waals surface area contributed by atoms with Gasteiger partial charge < -0.3 is 15.0 Å². The highest BCUT2D eigenvalue weighted by Crippen LogP contribution is 2.30. The average Bonchev–Trinajstić information content (AvgIpc) is 2.83. The standard InChI is InChI=1S/C18H28N2O/c1-4-18(3)13-20(12-16-10-9-14(2)21-16)17-8-6-5-7-15(17)11-19-18/h5-8,14,16,19H,4,9-13H2,1-3H3. The van der Waals surface area contributed by atoms with Crippen LogP contribution in [0.1, 0.15) is 45.6 Å². The lowest BCUT2D eigenvalue weighted by Gasteiger charge is -2.35. The van der Waals surface area contributed by atoms with Gasteiger partial charge in [0.05, 0.1) is 12.2 Å². The summed E-state index contributed by atoms with van der Waals surface area (Å²) in [6, 6.07) is 8.80. The summed E-state index contributed by atoms with van der Waals surface area (Å²) in [5.74, 6) is 0. The van der Waals surface area contributed by atoms with Gasteiger partial charge in [-0.2, -0.15) is 0 Å². The quantitative estimate of drug-likeness (QED) is 0.923. The molecule has 0 aromatic heterocycles. The van der Waals surface area contributed by atoms with E-state index in [0.29, 0.717) is 12.2 Å². The average molecular weight is 288 g/mol. The van der Waals surface area contributed by atoms with Crippen molar-refractivity contribution in [3.05, 3.63) is 29.8 Å². The maximum absolute atomic E-state index is 6.06. The van der Waals surface area contributed by atoms with Crippen LogP contribution in [0.15, 0.2) is 24.3 Å². The molecule has 3 atom stereocenters. The van der Waals surface area contributed by atoms with E-state index in [-0.39, 0.29) is 5.54 Å². The van der Waals surface area contributed by atoms with Crippen LogP contribution in [0.3, 0.4) is 0 Å². The van der Waals surface area contributed by atoms with Crippen LogP contribution in [-0.2, 0) is 11.3 Å². The number of nitrogens with one attached hydrogen (secondary N) is 1. The fourth-order valence-electron chi connectivity index (χ4n) is 3.50. The van der Waals surface area contributed by atoms with Crippen LogP contribution in [0.5, 0.6) is 0 Å². The number of fused-ring (bicyclic) bond motifs is 1. The molecular weight excluding hydrogens is 260 g/mol. The fourth-order valence-corrected chi connectivity index (χ4v) is 3.50. The first-order chi connectivity index (χ1) is 10.1. The molecule has 1 saturated heterocycles. The number of ether oxygens (including phenoxy) is 1. The number of nitrogens with zero attached hydrogens (tertiary/aromatic N) is 1. The van der Waals surface area contributed by atoms with Gasteiger partial charge in [-0.05, 0) is 44.7 Å². The second-order valence-electron chi connectivity index (χ2n) is 6.92. The molecule has 2 aliphatic rings. The summed E-state index contributed by atoms with van der Waals surface area (Å²) in [5, 5.41) is 3.75. The van der Waals surface area contributed by atoms with Gasteiger partial charge in [0.1, 0.15) is 0 Å². The number of anilines is 1. The van der Waals surface area contributed by atoms with E-state index in [4.69, 9.17) is 4.74 Å². The van der Waals surface area contributed by atoms with Crippen molar-refractivity contribution in [2.75, 3.05) is 18.0 Å². The number of benzene rings is 1. The molecule has 1 N–H and O–H groups in total. The minimum absolute atomic E-state index is 0.170. The van der Waals surface area contributed by atoms with Gasteiger partial charge in [-0.3, -0.25) is 0 Å². The van der Waals surface area contributed by atoms with Gasteiger partial charge in [-0.15, -0.1) is 0 Å². The van der Waals surface area contributed by atoms with Gasteiger partial charge in [-0.1, -0.05) is 25.1 Å². The predicted molar refractivity (Wildman–Crippen MR) is 87.8 cm³/mol. The van der Waals surface area contributed by atoms with Gasteiger partial charge in [0.2, 0.25) is 0 Å². The molecule has 0 amide bonds. The Labute approximate surface area is 128 Å². The Balaban J connectivity index is 1.83. The normalized spacial score (nSPS) is 32.8. The van der Waals surface area contributed by atoms with Gasteiger partial charge in [0.25, 0.3) is 0 Å². The highest BCUT2D eigenvalue weighted by molar-refractivity contribution is 5.55. The van der Waals surface area contributed by atoms with Crippen molar-refractivity contribution in [2.24, 2.45) is 0 Å². The molecule has 3 heteroatoms. The van der Waals surface area contributed by atoms with Crippen LogP contribution in [0, 0.1) is 0 Å². The molecule has 0 radical (unpaired) electrons. The molecule has 0 spiro atoms. The van der Waals surface area contributed by atoms with Crippen molar-refractivity contribution in [3.63, 3.8) is 0 Å². The van der Waals surface area contributed by atoms with Crippen molar-refractivity contribution >= 4 is 5.69 Å². The molecule has 116 valence electrons. The van der Waals surface area contributed by atoms with E-state index in [0.717, 1.165) is 26.1 Å². The third-order valence-electron chi connectivity index (χ3n) is 5.10. The molecule has 21 heavy (non-hydrogen) atoms. The number of hydrogen-bond donors (Lipinski definition) is 1. The van der Waals surface area contributed by atoms with Crippen molar-refractivity contribution in [3.8, 4) is 0 Å². The Bertz CT molecular complexity index is 490. The minimum atomic E-state index is 0.170. The molecule has 3 rings (SSSR count). The largest absolute Gasteiger partial charge is 0.373 e. The summed E-state index contributed by atoms with van der Waals surface area (Å²) in [5.41, 5.74) is 2.95. The van der Waals surface area contributed by atoms with E-state index >= 15 is 0 Å². The topological polar surface area (TPSA) is 24.5 Å². The van der Waals surface area contributed by atoms with E-state index in [1.807, 2.05) is 0 Å². The first kappa shape index (κ1) is 14.9. The number of para-hydroxylation sites is 1. The Morgan fingerprint density at radius 1 is 1.33 bits per heavy atom. The molecule has 0 aliphatic carbocycles. The van der Waals surface area contributed by atoms with Crippen LogP contribution >= 0.6 is 0 Å². The van der Waals surface area contributed by atoms with E-state index in [1.54, 1.807) is 0 Å². The number of hydrogen-bond acceptors (Lipinski definition) is 3. The van der Waals surface area contributed by atoms with Gasteiger partial charge in [0.15, 0.2) is 0 Å². The van der Waals surface area contributed by atoms with Crippen LogP contribution in [0.25, 0.3) is 0 Å². The summed E-state index contributed by atoms with van der Waals surface area (Å²) >= 11 is 0. The zero-order valence-electron chi connectivity index (χ0n) is 13.6. The molecule has 3 nitrogen and oxygen atoms in total. The summed E-state index contributed by atoms with van der Waals surface area (Å²) in [6.45, 7) is 9.82. The summed E-state index contributed by atoms with van der Waals surface area (Å²) in [4.78, 5) is 2.54. The lowest BCUT2D eigenvalue weighted by molar-refractivity contribution is 0.0594. The molecular formula is C18H28N2O. The molecule has 1 fully saturated rings. The zero-order valence-corrected chi connectivity index (χ0v) is 13.6. The lowest BCUT2D eigenvalue weighted by atomic mass is 9.98. The third kappa shape index (κ3) is 3.24. The Kier molecular flexibility index (Phi) is 4.23. The molecule has 0 bridgehead atoms. The van der Waals surface area contributed by atoms with E-state index in [1.165, 1.54) is 24.1 Å². The van der Waals surface area contributed by atoms with Gasteiger partial charge in [-0.25, -0.2) is 0 Å². The highest BCUT2D eigenvalue weighted by atomic mass is 16.5. The fraction of sp³-hybridized carbons (Fsp3) is 0.667. The molecule has 0 saturated carbocycles. The molecule has 1 aromatic rings. The van der Waals surface area contributed by atoms with Gasteiger partial charge in [0, 0.05) is 30.9 Å². The SMILES string of the molecule is CCC1(C)CN(CC2CCC(C)O2)c2ccccc2CN1. The minimum Gasteiger partial charge on any atom is -0.373 e. The molecule has 2 aliphatic heterocycles. The van der Waals surface area contributed by atoms with Crippen LogP contribution in [0.4, 0.5) is 5.69 Å². The van der Waals surface area contributed by atoms with Crippen LogP contribution in [-0.4, -0.2) is 30.8 Å². The molecule has 3 unspecified atom stereocenters. The van der Waals surface area contributed by atoms with Crippen molar-refractivity contribution < 1.29 is 4.74 Å². The van der Waals surface area contributed by atoms with E-state index in [2.05, 4.69) is 55.3 Å². The highest BCUT2D eigenvalue weighted by Gasteiger charge is 2.32. The second kappa shape index (κ2) is 5.98. The Morgan fingerprint density at radius 3 is 2.86 bits per heavy atom. The number of rotatable bonds is 3. The lowest BCUT2D eigenvalue weighted by Crippen LogP contribution is -2.50. The Hall–Kier alpha value is -1.06. The van der Waals surface area contributed by atoms with Crippen LogP contribution < -0.4 is 10.2 Å². The first-order valence-corrected chi connectivity index (χ1v) is 8.33.